The van der Waals surface area contributed by atoms with E-state index in [0.717, 1.165) is 0 Å². The summed E-state index contributed by atoms with van der Waals surface area (Å²) in [6.45, 7) is 0. The van der Waals surface area contributed by atoms with E-state index in [1.165, 1.54) is 0 Å². The fourth-order valence-corrected chi connectivity index (χ4v) is 1.10. The minimum atomic E-state index is -1.99. The lowest BCUT2D eigenvalue weighted by Crippen LogP contribution is -2.24. The molecule has 1 atom stereocenters. The highest BCUT2D eigenvalue weighted by molar-refractivity contribution is 9.10. The molecule has 0 aliphatic heterocycles. The number of carbonyl (C=O) groups is 1. The third-order valence-corrected chi connectivity index (χ3v) is 1.84. The Morgan fingerprint density at radius 3 is 2.33 bits per heavy atom. The standard InChI is InChI=1S/C8H6BrClO2/c9-8(10,12)7(11)6-4-2-1-3-5-6/h1-5,12H. The highest BCUT2D eigenvalue weighted by Gasteiger charge is 2.30. The Balaban J connectivity index is 2.94. The first-order valence-corrected chi connectivity index (χ1v) is 4.39. The van der Waals surface area contributed by atoms with E-state index in [1.807, 2.05) is 0 Å². The largest absolute Gasteiger partial charge is 0.360 e. The number of aliphatic hydroxyl groups is 1. The Hall–Kier alpha value is -0.380. The predicted octanol–water partition coefficient (Wildman–Crippen LogP) is 2.15. The second-order valence-electron chi connectivity index (χ2n) is 2.24. The van der Waals surface area contributed by atoms with Gasteiger partial charge in [0.1, 0.15) is 0 Å². The quantitative estimate of drug-likeness (QED) is 0.644. The van der Waals surface area contributed by atoms with Gasteiger partial charge in [-0.3, -0.25) is 4.79 Å². The molecule has 0 spiro atoms. The lowest BCUT2D eigenvalue weighted by molar-refractivity contribution is 0.0827. The van der Waals surface area contributed by atoms with Gasteiger partial charge in [0.25, 0.3) is 3.97 Å². The van der Waals surface area contributed by atoms with Crippen LogP contribution >= 0.6 is 27.5 Å². The molecule has 0 radical (unpaired) electrons. The van der Waals surface area contributed by atoms with Gasteiger partial charge in [-0.2, -0.15) is 0 Å². The van der Waals surface area contributed by atoms with Crippen LogP contribution in [0.4, 0.5) is 0 Å². The van der Waals surface area contributed by atoms with Crippen LogP contribution in [0.1, 0.15) is 10.4 Å². The third kappa shape index (κ3) is 2.30. The van der Waals surface area contributed by atoms with Gasteiger partial charge < -0.3 is 5.11 Å². The fourth-order valence-electron chi connectivity index (χ4n) is 0.763. The van der Waals surface area contributed by atoms with E-state index in [-0.39, 0.29) is 0 Å². The van der Waals surface area contributed by atoms with E-state index < -0.39 is 9.75 Å². The lowest BCUT2D eigenvalue weighted by Gasteiger charge is -2.09. The van der Waals surface area contributed by atoms with Crippen LogP contribution in [0.2, 0.25) is 0 Å². The number of Topliss-reactive ketones (excluding diaryl/α,β-unsaturated/α-hetero) is 1. The molecule has 0 aliphatic rings. The SMILES string of the molecule is O=C(c1ccccc1)C(O)(Cl)Br. The Bertz CT molecular complexity index is 279. The molecule has 0 saturated carbocycles. The van der Waals surface area contributed by atoms with Crippen molar-refractivity contribution in [3.8, 4) is 0 Å². The van der Waals surface area contributed by atoms with Gasteiger partial charge in [0, 0.05) is 5.56 Å². The van der Waals surface area contributed by atoms with E-state index >= 15 is 0 Å². The molecule has 1 aromatic rings. The molecule has 12 heavy (non-hydrogen) atoms. The van der Waals surface area contributed by atoms with Gasteiger partial charge in [-0.25, -0.2) is 0 Å². The second-order valence-corrected chi connectivity index (χ2v) is 4.39. The van der Waals surface area contributed by atoms with Crippen molar-refractivity contribution in [1.82, 2.24) is 0 Å². The summed E-state index contributed by atoms with van der Waals surface area (Å²) in [5, 5.41) is 9.07. The first kappa shape index (κ1) is 9.71. The Morgan fingerprint density at radius 1 is 1.42 bits per heavy atom. The molecule has 2 nitrogen and oxygen atoms in total. The third-order valence-electron chi connectivity index (χ3n) is 1.31. The van der Waals surface area contributed by atoms with Gasteiger partial charge in [-0.15, -0.1) is 0 Å². The highest BCUT2D eigenvalue weighted by Crippen LogP contribution is 2.24. The molecule has 0 aliphatic carbocycles. The summed E-state index contributed by atoms with van der Waals surface area (Å²) in [7, 11) is 0. The van der Waals surface area contributed by atoms with Gasteiger partial charge in [-0.05, 0) is 15.9 Å². The van der Waals surface area contributed by atoms with Gasteiger partial charge in [-0.1, -0.05) is 41.9 Å². The van der Waals surface area contributed by atoms with Crippen molar-refractivity contribution in [2.45, 2.75) is 3.97 Å². The zero-order valence-electron chi connectivity index (χ0n) is 6.00. The van der Waals surface area contributed by atoms with Crippen molar-refractivity contribution >= 4 is 33.3 Å². The first-order valence-electron chi connectivity index (χ1n) is 3.22. The average Bonchev–Trinajstić information content (AvgIpc) is 2.03. The molecule has 1 aromatic carbocycles. The summed E-state index contributed by atoms with van der Waals surface area (Å²) in [6.07, 6.45) is 0. The summed E-state index contributed by atoms with van der Waals surface area (Å²) in [5.74, 6) is -0.565. The maximum atomic E-state index is 11.2. The summed E-state index contributed by atoms with van der Waals surface area (Å²) in [4.78, 5) is 11.2. The molecule has 0 fully saturated rings. The first-order chi connectivity index (χ1) is 5.52. The highest BCUT2D eigenvalue weighted by atomic mass is 79.9. The van der Waals surface area contributed by atoms with E-state index in [2.05, 4.69) is 15.9 Å². The fraction of sp³-hybridized carbons (Fsp3) is 0.125. The maximum absolute atomic E-state index is 11.2. The average molecular weight is 249 g/mol. The molecule has 0 saturated heterocycles. The van der Waals surface area contributed by atoms with Gasteiger partial charge >= 0.3 is 0 Å². The summed E-state index contributed by atoms with van der Waals surface area (Å²) >= 11 is 7.99. The van der Waals surface area contributed by atoms with Crippen LogP contribution in [-0.2, 0) is 0 Å². The van der Waals surface area contributed by atoms with Gasteiger partial charge in [0.2, 0.25) is 5.78 Å². The number of hydrogen-bond donors (Lipinski definition) is 1. The number of hydrogen-bond acceptors (Lipinski definition) is 2. The molecule has 64 valence electrons. The van der Waals surface area contributed by atoms with E-state index in [0.29, 0.717) is 5.56 Å². The maximum Gasteiger partial charge on any atom is 0.259 e. The predicted molar refractivity (Wildman–Crippen MR) is 50.5 cm³/mol. The van der Waals surface area contributed by atoms with Crippen LogP contribution in [0.15, 0.2) is 30.3 Å². The molecule has 1 N–H and O–H groups in total. The molecule has 1 unspecified atom stereocenters. The normalized spacial score (nSPS) is 15.2. The van der Waals surface area contributed by atoms with Crippen LogP contribution in [0.3, 0.4) is 0 Å². The van der Waals surface area contributed by atoms with Crippen LogP contribution < -0.4 is 0 Å². The molecule has 4 heteroatoms. The Labute approximate surface area is 83.3 Å². The number of ketones is 1. The van der Waals surface area contributed by atoms with Gasteiger partial charge in [0.15, 0.2) is 0 Å². The molecule has 0 aromatic heterocycles. The van der Waals surface area contributed by atoms with Crippen molar-refractivity contribution < 1.29 is 9.90 Å². The number of alkyl halides is 2. The molecule has 0 bridgehead atoms. The summed E-state index contributed by atoms with van der Waals surface area (Å²) in [6, 6.07) is 8.33. The summed E-state index contributed by atoms with van der Waals surface area (Å²) in [5.41, 5.74) is 0.367. The van der Waals surface area contributed by atoms with Crippen molar-refractivity contribution in [1.29, 1.82) is 0 Å². The topological polar surface area (TPSA) is 37.3 Å². The lowest BCUT2D eigenvalue weighted by atomic mass is 10.1. The van der Waals surface area contributed by atoms with E-state index in [9.17, 15) is 4.79 Å². The monoisotopic (exact) mass is 248 g/mol. The number of carbonyl (C=O) groups excluding carboxylic acids is 1. The van der Waals surface area contributed by atoms with Gasteiger partial charge in [0.05, 0.1) is 0 Å². The zero-order chi connectivity index (χ0) is 9.19. The van der Waals surface area contributed by atoms with Crippen LogP contribution in [0, 0.1) is 0 Å². The Kier molecular flexibility index (Phi) is 2.88. The second kappa shape index (κ2) is 3.56. The van der Waals surface area contributed by atoms with E-state index in [1.54, 1.807) is 30.3 Å². The number of halogens is 2. The minimum Gasteiger partial charge on any atom is -0.360 e. The number of benzene rings is 1. The zero-order valence-corrected chi connectivity index (χ0v) is 8.34. The summed E-state index contributed by atoms with van der Waals surface area (Å²) < 4.78 is -1.99. The molecule has 1 rings (SSSR count). The van der Waals surface area contributed by atoms with E-state index in [4.69, 9.17) is 16.7 Å². The Morgan fingerprint density at radius 2 is 1.92 bits per heavy atom. The van der Waals surface area contributed by atoms with Crippen LogP contribution in [0.25, 0.3) is 0 Å². The molecular weight excluding hydrogens is 243 g/mol. The van der Waals surface area contributed by atoms with Crippen molar-refractivity contribution in [3.63, 3.8) is 0 Å². The van der Waals surface area contributed by atoms with Crippen LogP contribution in [0.5, 0.6) is 0 Å². The molecular formula is C8H6BrClO2. The minimum absolute atomic E-state index is 0.367. The van der Waals surface area contributed by atoms with Crippen molar-refractivity contribution in [2.24, 2.45) is 0 Å². The van der Waals surface area contributed by atoms with Crippen molar-refractivity contribution in [3.05, 3.63) is 35.9 Å². The molecule has 0 heterocycles. The van der Waals surface area contributed by atoms with Crippen molar-refractivity contribution in [2.75, 3.05) is 0 Å². The number of rotatable bonds is 2. The smallest absolute Gasteiger partial charge is 0.259 e. The molecule has 0 amide bonds. The van der Waals surface area contributed by atoms with Crippen LogP contribution in [-0.4, -0.2) is 14.9 Å².